The molecule has 0 bridgehead atoms. The molecule has 0 aliphatic carbocycles. The number of alkyl halides is 1. The standard InChI is InChI=1S/C13H17FN6O/c1-13(2,14)12(21)19-5-3-18(4-6-19)11-8-15-7-10-16-9-17-20(10)11/h7-9H,3-6H2,1-2H3. The van der Waals surface area contributed by atoms with Gasteiger partial charge in [0.05, 0.1) is 12.4 Å². The van der Waals surface area contributed by atoms with E-state index in [9.17, 15) is 9.18 Å². The van der Waals surface area contributed by atoms with Crippen molar-refractivity contribution in [3.8, 4) is 0 Å². The third kappa shape index (κ3) is 2.53. The van der Waals surface area contributed by atoms with Crippen LogP contribution in [0.15, 0.2) is 18.7 Å². The van der Waals surface area contributed by atoms with Crippen LogP contribution in [0.2, 0.25) is 0 Å². The van der Waals surface area contributed by atoms with Crippen LogP contribution in [-0.4, -0.2) is 62.2 Å². The number of piperazine rings is 1. The lowest BCUT2D eigenvalue weighted by Gasteiger charge is -2.37. The molecule has 8 heteroatoms. The number of carbonyl (C=O) groups excluding carboxylic acids is 1. The molecule has 3 heterocycles. The molecule has 0 spiro atoms. The molecular weight excluding hydrogens is 275 g/mol. The fourth-order valence-electron chi connectivity index (χ4n) is 2.47. The summed E-state index contributed by atoms with van der Waals surface area (Å²) in [5.41, 5.74) is -1.15. The summed E-state index contributed by atoms with van der Waals surface area (Å²) in [7, 11) is 0. The van der Waals surface area contributed by atoms with E-state index in [0.717, 1.165) is 5.82 Å². The molecule has 0 aromatic carbocycles. The number of hydrogen-bond donors (Lipinski definition) is 0. The molecule has 1 amide bonds. The predicted octanol–water partition coefficient (Wildman–Crippen LogP) is 0.521. The van der Waals surface area contributed by atoms with E-state index in [0.29, 0.717) is 31.8 Å². The number of hydrogen-bond acceptors (Lipinski definition) is 5. The first-order valence-corrected chi connectivity index (χ1v) is 6.84. The highest BCUT2D eigenvalue weighted by molar-refractivity contribution is 5.84. The lowest BCUT2D eigenvalue weighted by atomic mass is 10.1. The Morgan fingerprint density at radius 3 is 2.62 bits per heavy atom. The van der Waals surface area contributed by atoms with Gasteiger partial charge in [-0.2, -0.15) is 9.61 Å². The normalized spacial score (nSPS) is 16.5. The van der Waals surface area contributed by atoms with Gasteiger partial charge in [-0.15, -0.1) is 0 Å². The number of nitrogens with zero attached hydrogens (tertiary/aromatic N) is 6. The van der Waals surface area contributed by atoms with Gasteiger partial charge in [0.15, 0.2) is 17.1 Å². The van der Waals surface area contributed by atoms with Crippen LogP contribution in [0, 0.1) is 0 Å². The average molecular weight is 292 g/mol. The molecule has 1 aliphatic rings. The van der Waals surface area contributed by atoms with Crippen LogP contribution in [-0.2, 0) is 4.79 Å². The highest BCUT2D eigenvalue weighted by atomic mass is 19.1. The first-order chi connectivity index (χ1) is 9.97. The Labute approximate surface area is 121 Å². The largest absolute Gasteiger partial charge is 0.352 e. The molecule has 7 nitrogen and oxygen atoms in total. The number of anilines is 1. The highest BCUT2D eigenvalue weighted by Crippen LogP contribution is 2.18. The number of carbonyl (C=O) groups is 1. The molecule has 0 saturated carbocycles. The molecule has 0 radical (unpaired) electrons. The van der Waals surface area contributed by atoms with E-state index in [1.807, 2.05) is 0 Å². The number of aromatic nitrogens is 4. The second kappa shape index (κ2) is 4.94. The van der Waals surface area contributed by atoms with Crippen LogP contribution in [0.3, 0.4) is 0 Å². The maximum Gasteiger partial charge on any atom is 0.259 e. The van der Waals surface area contributed by atoms with Crippen molar-refractivity contribution in [2.75, 3.05) is 31.1 Å². The van der Waals surface area contributed by atoms with Crippen molar-refractivity contribution in [3.63, 3.8) is 0 Å². The maximum atomic E-state index is 13.7. The number of rotatable bonds is 2. The van der Waals surface area contributed by atoms with E-state index in [4.69, 9.17) is 0 Å². The third-order valence-corrected chi connectivity index (χ3v) is 3.57. The highest BCUT2D eigenvalue weighted by Gasteiger charge is 2.33. The average Bonchev–Trinajstić information content (AvgIpc) is 2.94. The quantitative estimate of drug-likeness (QED) is 0.807. The summed E-state index contributed by atoms with van der Waals surface area (Å²) in [6.07, 6.45) is 4.84. The summed E-state index contributed by atoms with van der Waals surface area (Å²) in [4.78, 5) is 23.8. The molecule has 0 unspecified atom stereocenters. The molecule has 1 aliphatic heterocycles. The first-order valence-electron chi connectivity index (χ1n) is 6.84. The van der Waals surface area contributed by atoms with E-state index >= 15 is 0 Å². The minimum Gasteiger partial charge on any atom is -0.352 e. The smallest absolute Gasteiger partial charge is 0.259 e. The second-order valence-electron chi connectivity index (χ2n) is 5.55. The van der Waals surface area contributed by atoms with Crippen molar-refractivity contribution in [2.24, 2.45) is 0 Å². The first kappa shape index (κ1) is 13.7. The molecule has 3 rings (SSSR count). The summed E-state index contributed by atoms with van der Waals surface area (Å²) in [6.45, 7) is 4.78. The van der Waals surface area contributed by atoms with Gasteiger partial charge in [0, 0.05) is 26.2 Å². The third-order valence-electron chi connectivity index (χ3n) is 3.57. The van der Waals surface area contributed by atoms with E-state index in [-0.39, 0.29) is 0 Å². The van der Waals surface area contributed by atoms with Crippen molar-refractivity contribution >= 4 is 17.4 Å². The predicted molar refractivity (Wildman–Crippen MR) is 74.8 cm³/mol. The van der Waals surface area contributed by atoms with Gasteiger partial charge in [0.1, 0.15) is 6.33 Å². The Bertz CT molecular complexity index is 656. The molecule has 2 aromatic rings. The van der Waals surface area contributed by atoms with E-state index in [2.05, 4.69) is 20.0 Å². The molecule has 0 N–H and O–H groups in total. The Morgan fingerprint density at radius 2 is 1.95 bits per heavy atom. The van der Waals surface area contributed by atoms with Crippen molar-refractivity contribution in [3.05, 3.63) is 18.7 Å². The van der Waals surface area contributed by atoms with Crippen LogP contribution in [0.4, 0.5) is 10.2 Å². The molecule has 1 fully saturated rings. The molecular formula is C13H17FN6O. The molecule has 0 atom stereocenters. The topological polar surface area (TPSA) is 66.6 Å². The summed E-state index contributed by atoms with van der Waals surface area (Å²) in [6, 6.07) is 0. The van der Waals surface area contributed by atoms with Crippen molar-refractivity contribution in [2.45, 2.75) is 19.5 Å². The van der Waals surface area contributed by atoms with Gasteiger partial charge in [-0.25, -0.2) is 9.37 Å². The molecule has 112 valence electrons. The molecule has 2 aromatic heterocycles. The fraction of sp³-hybridized carbons (Fsp3) is 0.538. The zero-order valence-corrected chi connectivity index (χ0v) is 12.0. The van der Waals surface area contributed by atoms with Gasteiger partial charge >= 0.3 is 0 Å². The van der Waals surface area contributed by atoms with Crippen LogP contribution < -0.4 is 4.90 Å². The summed E-state index contributed by atoms with van der Waals surface area (Å²) < 4.78 is 15.4. The van der Waals surface area contributed by atoms with E-state index < -0.39 is 11.6 Å². The summed E-state index contributed by atoms with van der Waals surface area (Å²) in [5.74, 6) is 0.371. The Balaban J connectivity index is 1.74. The number of halogens is 1. The van der Waals surface area contributed by atoms with Gasteiger partial charge in [0.25, 0.3) is 5.91 Å². The van der Waals surface area contributed by atoms with Crippen LogP contribution in [0.25, 0.3) is 5.65 Å². The van der Waals surface area contributed by atoms with E-state index in [1.54, 1.807) is 21.8 Å². The lowest BCUT2D eigenvalue weighted by Crippen LogP contribution is -2.53. The zero-order valence-electron chi connectivity index (χ0n) is 12.0. The van der Waals surface area contributed by atoms with Gasteiger partial charge in [0.2, 0.25) is 0 Å². The van der Waals surface area contributed by atoms with Crippen molar-refractivity contribution in [1.29, 1.82) is 0 Å². The summed E-state index contributed by atoms with van der Waals surface area (Å²) in [5, 5.41) is 4.17. The van der Waals surface area contributed by atoms with Crippen molar-refractivity contribution < 1.29 is 9.18 Å². The fourth-order valence-corrected chi connectivity index (χ4v) is 2.47. The SMILES string of the molecule is CC(C)(F)C(=O)N1CCN(c2cncc3ncnn23)CC1. The van der Waals surface area contributed by atoms with Crippen LogP contribution in [0.1, 0.15) is 13.8 Å². The Hall–Kier alpha value is -2.25. The lowest BCUT2D eigenvalue weighted by molar-refractivity contribution is -0.142. The van der Waals surface area contributed by atoms with Gasteiger partial charge in [-0.1, -0.05) is 0 Å². The van der Waals surface area contributed by atoms with Crippen molar-refractivity contribution in [1.82, 2.24) is 24.5 Å². The van der Waals surface area contributed by atoms with Gasteiger partial charge < -0.3 is 9.80 Å². The maximum absolute atomic E-state index is 13.7. The monoisotopic (exact) mass is 292 g/mol. The number of fused-ring (bicyclic) bond motifs is 1. The molecule has 1 saturated heterocycles. The second-order valence-corrected chi connectivity index (χ2v) is 5.55. The molecule has 21 heavy (non-hydrogen) atoms. The van der Waals surface area contributed by atoms with Crippen LogP contribution in [0.5, 0.6) is 0 Å². The van der Waals surface area contributed by atoms with E-state index in [1.165, 1.54) is 20.2 Å². The Morgan fingerprint density at radius 1 is 1.24 bits per heavy atom. The zero-order chi connectivity index (χ0) is 15.0. The number of amides is 1. The van der Waals surface area contributed by atoms with Gasteiger partial charge in [-0.3, -0.25) is 9.78 Å². The summed E-state index contributed by atoms with van der Waals surface area (Å²) >= 11 is 0. The van der Waals surface area contributed by atoms with Gasteiger partial charge in [-0.05, 0) is 13.8 Å². The Kier molecular flexibility index (Phi) is 3.23. The van der Waals surface area contributed by atoms with Crippen LogP contribution >= 0.6 is 0 Å². The minimum absolute atomic E-state index is 0.459. The minimum atomic E-state index is -1.82.